The van der Waals surface area contributed by atoms with Gasteiger partial charge in [-0.1, -0.05) is 0 Å². The van der Waals surface area contributed by atoms with Gasteiger partial charge >= 0.3 is 0 Å². The predicted octanol–water partition coefficient (Wildman–Crippen LogP) is -0.363. The van der Waals surface area contributed by atoms with Gasteiger partial charge < -0.3 is 15.4 Å². The molecular formula is C7H13ClN2O. The van der Waals surface area contributed by atoms with Crippen molar-refractivity contribution in [1.29, 1.82) is 0 Å². The fourth-order valence-corrected chi connectivity index (χ4v) is 2.42. The van der Waals surface area contributed by atoms with Gasteiger partial charge in [0.25, 0.3) is 0 Å². The second-order valence-corrected chi connectivity index (χ2v) is 4.51. The quantitative estimate of drug-likeness (QED) is 0.513. The third-order valence-corrected chi connectivity index (χ3v) is 3.26. The summed E-state index contributed by atoms with van der Waals surface area (Å²) in [7, 11) is 2.04. The number of nitrogens with two attached hydrogens (primary N) is 1. The van der Waals surface area contributed by atoms with Crippen molar-refractivity contribution in [2.45, 2.75) is 10.4 Å². The van der Waals surface area contributed by atoms with Gasteiger partial charge in [0.1, 0.15) is 4.87 Å². The zero-order valence-corrected chi connectivity index (χ0v) is 7.40. The van der Waals surface area contributed by atoms with Gasteiger partial charge in [0.2, 0.25) is 0 Å². The molecule has 2 N–H and O–H groups in total. The van der Waals surface area contributed by atoms with Gasteiger partial charge in [0.15, 0.2) is 0 Å². The van der Waals surface area contributed by atoms with Crippen molar-refractivity contribution in [3.8, 4) is 0 Å². The Bertz CT molecular complexity index is 171. The first-order valence-electron chi connectivity index (χ1n) is 3.80. The molecule has 0 aromatic heterocycles. The van der Waals surface area contributed by atoms with Crippen LogP contribution in [0.15, 0.2) is 0 Å². The van der Waals surface area contributed by atoms with Crippen LogP contribution in [0.2, 0.25) is 0 Å². The smallest absolute Gasteiger partial charge is 0.102 e. The van der Waals surface area contributed by atoms with Gasteiger partial charge in [-0.3, -0.25) is 0 Å². The van der Waals surface area contributed by atoms with Crippen LogP contribution >= 0.6 is 11.6 Å². The summed E-state index contributed by atoms with van der Waals surface area (Å²) in [6.45, 7) is 2.87. The third-order valence-electron chi connectivity index (χ3n) is 2.66. The van der Waals surface area contributed by atoms with Crippen LogP contribution in [0.1, 0.15) is 0 Å². The van der Waals surface area contributed by atoms with Crippen molar-refractivity contribution in [3.63, 3.8) is 0 Å². The van der Waals surface area contributed by atoms with E-state index >= 15 is 0 Å². The maximum Gasteiger partial charge on any atom is 0.102 e. The van der Waals surface area contributed by atoms with E-state index in [0.717, 1.165) is 13.1 Å². The largest absolute Gasteiger partial charge is 0.377 e. The Kier molecular flexibility index (Phi) is 1.49. The van der Waals surface area contributed by atoms with E-state index in [-0.39, 0.29) is 10.4 Å². The fourth-order valence-electron chi connectivity index (χ4n) is 2.02. The normalized spacial score (nSPS) is 51.5. The summed E-state index contributed by atoms with van der Waals surface area (Å²) in [6, 6.07) is 0. The number of likely N-dealkylation sites (N-methyl/N-ethyl adjacent to an activating group) is 1. The minimum atomic E-state index is -0.332. The van der Waals surface area contributed by atoms with Gasteiger partial charge in [-0.25, -0.2) is 0 Å². The standard InChI is InChI=1S/C7H13ClN2O/c1-10-2-6(8)4-11-5-7(6,9)3-10/h2-5,9H2,1H3/t6-,7+/m1/s1. The van der Waals surface area contributed by atoms with Gasteiger partial charge in [-0.05, 0) is 7.05 Å². The molecule has 2 atom stereocenters. The molecule has 4 heteroatoms. The molecule has 0 bridgehead atoms. The molecule has 0 saturated carbocycles. The Morgan fingerprint density at radius 1 is 1.45 bits per heavy atom. The first-order chi connectivity index (χ1) is 5.06. The van der Waals surface area contributed by atoms with E-state index < -0.39 is 0 Å². The maximum absolute atomic E-state index is 6.31. The number of rotatable bonds is 0. The van der Waals surface area contributed by atoms with Crippen LogP contribution in [0.5, 0.6) is 0 Å². The predicted molar refractivity (Wildman–Crippen MR) is 43.8 cm³/mol. The molecule has 2 rings (SSSR count). The van der Waals surface area contributed by atoms with Gasteiger partial charge in [0.05, 0.1) is 18.8 Å². The lowest BCUT2D eigenvalue weighted by Gasteiger charge is -2.27. The summed E-state index contributed by atoms with van der Waals surface area (Å²) in [6.07, 6.45) is 0. The number of hydrogen-bond donors (Lipinski definition) is 1. The molecular weight excluding hydrogens is 164 g/mol. The van der Waals surface area contributed by atoms with E-state index in [1.807, 2.05) is 7.05 Å². The van der Waals surface area contributed by atoms with Gasteiger partial charge in [0, 0.05) is 13.1 Å². The van der Waals surface area contributed by atoms with Crippen LogP contribution in [-0.2, 0) is 4.74 Å². The zero-order valence-electron chi connectivity index (χ0n) is 6.64. The zero-order chi connectivity index (χ0) is 8.11. The summed E-state index contributed by atoms with van der Waals surface area (Å²) < 4.78 is 5.28. The van der Waals surface area contributed by atoms with Crippen LogP contribution in [0.4, 0.5) is 0 Å². The molecule has 0 aliphatic carbocycles. The van der Waals surface area contributed by atoms with Crippen molar-refractivity contribution in [3.05, 3.63) is 0 Å². The Morgan fingerprint density at radius 3 is 2.82 bits per heavy atom. The second-order valence-electron chi connectivity index (χ2n) is 3.79. The number of alkyl halides is 1. The number of hydrogen-bond acceptors (Lipinski definition) is 3. The number of halogens is 1. The maximum atomic E-state index is 6.31. The summed E-state index contributed by atoms with van der Waals surface area (Å²) >= 11 is 6.31. The molecule has 0 unspecified atom stereocenters. The minimum absolute atomic E-state index is 0.316. The Labute approximate surface area is 71.4 Å². The Balaban J connectivity index is 2.28. The molecule has 64 valence electrons. The summed E-state index contributed by atoms with van der Waals surface area (Å²) in [5.41, 5.74) is 5.77. The molecule has 2 saturated heterocycles. The number of likely N-dealkylation sites (tertiary alicyclic amines) is 1. The van der Waals surface area contributed by atoms with E-state index in [9.17, 15) is 0 Å². The van der Waals surface area contributed by atoms with E-state index in [4.69, 9.17) is 22.1 Å². The average Bonchev–Trinajstić information content (AvgIpc) is 2.16. The highest BCUT2D eigenvalue weighted by Gasteiger charge is 2.58. The van der Waals surface area contributed by atoms with Crippen molar-refractivity contribution < 1.29 is 4.74 Å². The topological polar surface area (TPSA) is 38.5 Å². The molecule has 2 fully saturated rings. The molecule has 0 spiro atoms. The van der Waals surface area contributed by atoms with Crippen LogP contribution in [-0.4, -0.2) is 48.7 Å². The molecule has 2 aliphatic rings. The van der Waals surface area contributed by atoms with E-state index in [0.29, 0.717) is 13.2 Å². The van der Waals surface area contributed by atoms with Crippen LogP contribution in [0, 0.1) is 0 Å². The molecule has 3 nitrogen and oxygen atoms in total. The van der Waals surface area contributed by atoms with E-state index in [1.54, 1.807) is 0 Å². The summed E-state index contributed by atoms with van der Waals surface area (Å²) in [4.78, 5) is 1.83. The van der Waals surface area contributed by atoms with Crippen LogP contribution in [0.25, 0.3) is 0 Å². The average molecular weight is 177 g/mol. The number of ether oxygens (including phenoxy) is 1. The monoisotopic (exact) mass is 176 g/mol. The minimum Gasteiger partial charge on any atom is -0.377 e. The molecule has 0 aromatic rings. The van der Waals surface area contributed by atoms with Gasteiger partial charge in [-0.15, -0.1) is 11.6 Å². The molecule has 0 aromatic carbocycles. The van der Waals surface area contributed by atoms with Crippen molar-refractivity contribution in [2.24, 2.45) is 5.73 Å². The lowest BCUT2D eigenvalue weighted by Crippen LogP contribution is -2.55. The molecule has 0 radical (unpaired) electrons. The molecule has 2 aliphatic heterocycles. The highest BCUT2D eigenvalue weighted by molar-refractivity contribution is 6.25. The lowest BCUT2D eigenvalue weighted by atomic mass is 9.91. The second kappa shape index (κ2) is 2.10. The van der Waals surface area contributed by atoms with Gasteiger partial charge in [-0.2, -0.15) is 0 Å². The van der Waals surface area contributed by atoms with Crippen molar-refractivity contribution in [2.75, 3.05) is 33.4 Å². The summed E-state index contributed by atoms with van der Waals surface area (Å²) in [5, 5.41) is 0. The van der Waals surface area contributed by atoms with E-state index in [1.165, 1.54) is 0 Å². The third kappa shape index (κ3) is 0.920. The van der Waals surface area contributed by atoms with E-state index in [2.05, 4.69) is 4.90 Å². The Morgan fingerprint density at radius 2 is 2.18 bits per heavy atom. The van der Waals surface area contributed by atoms with Crippen LogP contribution in [0.3, 0.4) is 0 Å². The first-order valence-corrected chi connectivity index (χ1v) is 4.18. The molecule has 11 heavy (non-hydrogen) atoms. The highest BCUT2D eigenvalue weighted by Crippen LogP contribution is 2.39. The summed E-state index contributed by atoms with van der Waals surface area (Å²) in [5.74, 6) is 0. The number of fused-ring (bicyclic) bond motifs is 1. The fraction of sp³-hybridized carbons (Fsp3) is 1.00. The first kappa shape index (κ1) is 7.80. The lowest BCUT2D eigenvalue weighted by molar-refractivity contribution is 0.157. The number of nitrogens with zero attached hydrogens (tertiary/aromatic N) is 1. The van der Waals surface area contributed by atoms with Crippen molar-refractivity contribution in [1.82, 2.24) is 4.90 Å². The molecule has 0 amide bonds. The Hall–Kier alpha value is 0.170. The molecule has 2 heterocycles. The highest BCUT2D eigenvalue weighted by atomic mass is 35.5. The van der Waals surface area contributed by atoms with Crippen molar-refractivity contribution >= 4 is 11.6 Å². The van der Waals surface area contributed by atoms with Crippen LogP contribution < -0.4 is 5.73 Å². The SMILES string of the molecule is CN1C[C@]2(N)COC[C@]2(Cl)C1.